The van der Waals surface area contributed by atoms with Crippen LogP contribution in [0.15, 0.2) is 34.5 Å². The van der Waals surface area contributed by atoms with Crippen LogP contribution in [0.3, 0.4) is 0 Å². The fourth-order valence-electron chi connectivity index (χ4n) is 0.914. The van der Waals surface area contributed by atoms with Crippen molar-refractivity contribution in [2.24, 2.45) is 10.2 Å². The second-order valence-electron chi connectivity index (χ2n) is 2.32. The smallest absolute Gasteiger partial charge is 0.0852 e. The first-order valence-electron chi connectivity index (χ1n) is 3.75. The largest absolute Gasteiger partial charge is 0.192 e. The van der Waals surface area contributed by atoms with Crippen LogP contribution < -0.4 is 0 Å². The molecule has 0 radical (unpaired) electrons. The number of nitrogens with zero attached hydrogens (tertiary/aromatic N) is 2. The number of rotatable bonds is 2. The molecular formula is C9H12N2. The molecule has 0 fully saturated rings. The molecule has 0 aliphatic carbocycles. The van der Waals surface area contributed by atoms with Crippen molar-refractivity contribution >= 4 is 5.69 Å². The molecule has 1 aromatic carbocycles. The van der Waals surface area contributed by atoms with E-state index in [1.54, 1.807) is 7.05 Å². The maximum atomic E-state index is 3.91. The van der Waals surface area contributed by atoms with Crippen molar-refractivity contribution in [3.8, 4) is 0 Å². The van der Waals surface area contributed by atoms with Crippen molar-refractivity contribution in [3.05, 3.63) is 29.8 Å². The lowest BCUT2D eigenvalue weighted by molar-refractivity contribution is 1.13. The fourth-order valence-corrected chi connectivity index (χ4v) is 0.914. The van der Waals surface area contributed by atoms with Crippen LogP contribution in [-0.2, 0) is 6.42 Å². The molecule has 11 heavy (non-hydrogen) atoms. The molecular weight excluding hydrogens is 136 g/mol. The quantitative estimate of drug-likeness (QED) is 0.576. The molecule has 2 heteroatoms. The summed E-state index contributed by atoms with van der Waals surface area (Å²) in [5.41, 5.74) is 2.25. The Morgan fingerprint density at radius 1 is 1.18 bits per heavy atom. The van der Waals surface area contributed by atoms with Crippen LogP contribution in [0.25, 0.3) is 0 Å². The molecule has 58 valence electrons. The molecule has 1 aromatic rings. The highest BCUT2D eigenvalue weighted by atomic mass is 15.1. The van der Waals surface area contributed by atoms with Gasteiger partial charge in [-0.2, -0.15) is 10.2 Å². The molecule has 2 nitrogen and oxygen atoms in total. The van der Waals surface area contributed by atoms with Crippen molar-refractivity contribution in [1.82, 2.24) is 0 Å². The minimum Gasteiger partial charge on any atom is -0.192 e. The van der Waals surface area contributed by atoms with Gasteiger partial charge in [-0.3, -0.25) is 0 Å². The maximum absolute atomic E-state index is 3.91. The highest BCUT2D eigenvalue weighted by molar-refractivity contribution is 5.37. The van der Waals surface area contributed by atoms with E-state index in [0.29, 0.717) is 0 Å². The van der Waals surface area contributed by atoms with Gasteiger partial charge in [-0.25, -0.2) is 0 Å². The molecule has 0 bridgehead atoms. The molecule has 0 N–H and O–H groups in total. The van der Waals surface area contributed by atoms with E-state index in [1.807, 2.05) is 12.1 Å². The van der Waals surface area contributed by atoms with Crippen LogP contribution in [0, 0.1) is 0 Å². The summed E-state index contributed by atoms with van der Waals surface area (Å²) in [4.78, 5) is 0. The molecule has 0 unspecified atom stereocenters. The van der Waals surface area contributed by atoms with Crippen LogP contribution in [0.4, 0.5) is 5.69 Å². The molecule has 0 heterocycles. The van der Waals surface area contributed by atoms with Gasteiger partial charge in [0, 0.05) is 7.05 Å². The maximum Gasteiger partial charge on any atom is 0.0852 e. The number of benzene rings is 1. The zero-order valence-corrected chi connectivity index (χ0v) is 6.91. The third-order valence-corrected chi connectivity index (χ3v) is 1.56. The molecule has 0 saturated heterocycles. The van der Waals surface area contributed by atoms with Crippen LogP contribution in [0.5, 0.6) is 0 Å². The fraction of sp³-hybridized carbons (Fsp3) is 0.333. The van der Waals surface area contributed by atoms with Gasteiger partial charge in [0.25, 0.3) is 0 Å². The average molecular weight is 148 g/mol. The van der Waals surface area contributed by atoms with E-state index in [0.717, 1.165) is 12.1 Å². The lowest BCUT2D eigenvalue weighted by Crippen LogP contribution is -1.75. The second kappa shape index (κ2) is 3.86. The molecule has 0 amide bonds. The number of azo groups is 1. The number of hydrogen-bond acceptors (Lipinski definition) is 2. The molecule has 0 aliphatic heterocycles. The Morgan fingerprint density at radius 2 is 1.82 bits per heavy atom. The van der Waals surface area contributed by atoms with E-state index in [-0.39, 0.29) is 0 Å². The van der Waals surface area contributed by atoms with Gasteiger partial charge in [0.05, 0.1) is 5.69 Å². The van der Waals surface area contributed by atoms with E-state index in [2.05, 4.69) is 29.3 Å². The summed E-state index contributed by atoms with van der Waals surface area (Å²) in [5, 5.41) is 7.59. The van der Waals surface area contributed by atoms with Crippen molar-refractivity contribution in [2.45, 2.75) is 13.3 Å². The molecule has 0 atom stereocenters. The van der Waals surface area contributed by atoms with Crippen LogP contribution in [-0.4, -0.2) is 7.05 Å². The lowest BCUT2D eigenvalue weighted by Gasteiger charge is -1.94. The Balaban J connectivity index is 2.82. The number of hydrogen-bond donors (Lipinski definition) is 0. The van der Waals surface area contributed by atoms with E-state index in [4.69, 9.17) is 0 Å². The Bertz CT molecular complexity index is 236. The van der Waals surface area contributed by atoms with Gasteiger partial charge in [0.2, 0.25) is 0 Å². The first-order valence-corrected chi connectivity index (χ1v) is 3.75. The van der Waals surface area contributed by atoms with Gasteiger partial charge in [-0.15, -0.1) is 0 Å². The second-order valence-corrected chi connectivity index (χ2v) is 2.32. The van der Waals surface area contributed by atoms with E-state index in [9.17, 15) is 0 Å². The summed E-state index contributed by atoms with van der Waals surface area (Å²) in [5.74, 6) is 0. The zero-order valence-electron chi connectivity index (χ0n) is 6.91. The Hall–Kier alpha value is -1.18. The van der Waals surface area contributed by atoms with E-state index in [1.165, 1.54) is 5.56 Å². The minimum absolute atomic E-state index is 0.921. The van der Waals surface area contributed by atoms with Gasteiger partial charge in [0.1, 0.15) is 0 Å². The molecule has 0 spiro atoms. The Morgan fingerprint density at radius 3 is 2.27 bits per heavy atom. The lowest BCUT2D eigenvalue weighted by atomic mass is 10.2. The first kappa shape index (κ1) is 7.92. The third kappa shape index (κ3) is 2.15. The van der Waals surface area contributed by atoms with Crippen LogP contribution in [0.1, 0.15) is 12.5 Å². The molecule has 0 saturated carbocycles. The molecule has 1 rings (SSSR count). The van der Waals surface area contributed by atoms with Crippen molar-refractivity contribution in [1.29, 1.82) is 0 Å². The normalized spacial score (nSPS) is 10.7. The van der Waals surface area contributed by atoms with Crippen LogP contribution in [0.2, 0.25) is 0 Å². The SMILES string of the molecule is CCc1ccc(N=NC)cc1. The average Bonchev–Trinajstić information content (AvgIpc) is 2.07. The van der Waals surface area contributed by atoms with Crippen LogP contribution >= 0.6 is 0 Å². The third-order valence-electron chi connectivity index (χ3n) is 1.56. The Labute approximate surface area is 67.0 Å². The molecule has 0 aliphatic rings. The topological polar surface area (TPSA) is 24.7 Å². The highest BCUT2D eigenvalue weighted by Gasteiger charge is 1.88. The zero-order chi connectivity index (χ0) is 8.10. The van der Waals surface area contributed by atoms with Crippen molar-refractivity contribution in [2.75, 3.05) is 7.05 Å². The summed E-state index contributed by atoms with van der Waals surface area (Å²) in [7, 11) is 1.67. The predicted molar refractivity (Wildman–Crippen MR) is 46.3 cm³/mol. The molecule has 0 aromatic heterocycles. The summed E-state index contributed by atoms with van der Waals surface area (Å²) < 4.78 is 0. The summed E-state index contributed by atoms with van der Waals surface area (Å²) in [6.45, 7) is 2.14. The van der Waals surface area contributed by atoms with Gasteiger partial charge < -0.3 is 0 Å². The summed E-state index contributed by atoms with van der Waals surface area (Å²) in [6.07, 6.45) is 1.07. The van der Waals surface area contributed by atoms with E-state index < -0.39 is 0 Å². The van der Waals surface area contributed by atoms with Crippen molar-refractivity contribution in [3.63, 3.8) is 0 Å². The monoisotopic (exact) mass is 148 g/mol. The van der Waals surface area contributed by atoms with E-state index >= 15 is 0 Å². The van der Waals surface area contributed by atoms with Crippen molar-refractivity contribution < 1.29 is 0 Å². The van der Waals surface area contributed by atoms with Gasteiger partial charge in [-0.1, -0.05) is 19.1 Å². The Kier molecular flexibility index (Phi) is 2.78. The highest BCUT2D eigenvalue weighted by Crippen LogP contribution is 2.12. The van der Waals surface area contributed by atoms with Gasteiger partial charge >= 0.3 is 0 Å². The summed E-state index contributed by atoms with van der Waals surface area (Å²) in [6, 6.07) is 8.10. The van der Waals surface area contributed by atoms with Gasteiger partial charge in [-0.05, 0) is 24.1 Å². The standard InChI is InChI=1S/C9H12N2/c1-3-8-4-6-9(7-5-8)11-10-2/h4-7H,3H2,1-2H3. The number of aryl methyl sites for hydroxylation is 1. The summed E-state index contributed by atoms with van der Waals surface area (Å²) >= 11 is 0. The first-order chi connectivity index (χ1) is 5.36. The van der Waals surface area contributed by atoms with Gasteiger partial charge in [0.15, 0.2) is 0 Å². The predicted octanol–water partition coefficient (Wildman–Crippen LogP) is 2.96. The minimum atomic E-state index is 0.921.